The maximum atomic E-state index is 14.7. The number of halogens is 3. The van der Waals surface area contributed by atoms with Crippen LogP contribution in [0.1, 0.15) is 5.56 Å². The number of benzene rings is 2. The van der Waals surface area contributed by atoms with Crippen LogP contribution < -0.4 is 10.1 Å². The Morgan fingerprint density at radius 2 is 1.95 bits per heavy atom. The molecule has 3 aromatic rings. The lowest BCUT2D eigenvalue weighted by molar-refractivity contribution is -0.116. The number of aromatic nitrogens is 2. The summed E-state index contributed by atoms with van der Waals surface area (Å²) in [4.78, 5) is 23.8. The van der Waals surface area contributed by atoms with E-state index in [4.69, 9.17) is 42.1 Å². The number of hydrogen-bond acceptors (Lipinski definition) is 9. The van der Waals surface area contributed by atoms with E-state index in [9.17, 15) is 9.18 Å². The average molecular weight is 591 g/mol. The molecule has 0 bridgehead atoms. The van der Waals surface area contributed by atoms with E-state index >= 15 is 0 Å². The highest BCUT2D eigenvalue weighted by atomic mass is 35.5. The van der Waals surface area contributed by atoms with Crippen molar-refractivity contribution in [2.24, 2.45) is 0 Å². The molecule has 2 aromatic carbocycles. The number of carbonyl (C=O) groups is 1. The Hall–Kier alpha value is -2.86. The molecular formula is C28H29Cl2FN4O5. The first-order chi connectivity index (χ1) is 19.4. The molecule has 1 N–H and O–H groups in total. The lowest BCUT2D eigenvalue weighted by Gasteiger charge is -2.24. The molecule has 3 heterocycles. The van der Waals surface area contributed by atoms with Gasteiger partial charge in [-0.1, -0.05) is 29.3 Å². The lowest BCUT2D eigenvalue weighted by atomic mass is 10.0. The topological polar surface area (TPSA) is 95.0 Å². The van der Waals surface area contributed by atoms with E-state index in [0.717, 1.165) is 13.1 Å². The Labute approximate surface area is 241 Å². The molecule has 0 aliphatic carbocycles. The summed E-state index contributed by atoms with van der Waals surface area (Å²) < 4.78 is 37.3. The van der Waals surface area contributed by atoms with Gasteiger partial charge >= 0.3 is 0 Å². The molecule has 0 amide bonds. The molecule has 9 nitrogen and oxygen atoms in total. The Balaban J connectivity index is 1.35. The second-order valence-electron chi connectivity index (χ2n) is 9.47. The van der Waals surface area contributed by atoms with Gasteiger partial charge in [-0.05, 0) is 24.3 Å². The highest BCUT2D eigenvalue weighted by Crippen LogP contribution is 2.34. The summed E-state index contributed by atoms with van der Waals surface area (Å²) >= 11 is 11.9. The Morgan fingerprint density at radius 3 is 2.70 bits per heavy atom. The summed E-state index contributed by atoms with van der Waals surface area (Å²) in [5, 5.41) is 3.46. The minimum absolute atomic E-state index is 0.0850. The first kappa shape index (κ1) is 28.7. The maximum Gasteiger partial charge on any atom is 0.166 e. The van der Waals surface area contributed by atoms with Gasteiger partial charge in [0, 0.05) is 50.2 Å². The minimum Gasteiger partial charge on any atom is -0.491 e. The number of rotatable bonds is 11. The van der Waals surface area contributed by atoms with Crippen molar-refractivity contribution in [3.8, 4) is 5.75 Å². The Morgan fingerprint density at radius 1 is 1.18 bits per heavy atom. The van der Waals surface area contributed by atoms with Crippen LogP contribution in [0.4, 0.5) is 15.9 Å². The number of hydrogen-bond donors (Lipinski definition) is 1. The number of ketones is 1. The van der Waals surface area contributed by atoms with Crippen molar-refractivity contribution in [2.45, 2.75) is 18.6 Å². The number of likely N-dealkylation sites (tertiary alicyclic amines) is 1. The zero-order chi connectivity index (χ0) is 28.1. The maximum absolute atomic E-state index is 14.7. The third kappa shape index (κ3) is 6.71. The minimum atomic E-state index is -0.698. The largest absolute Gasteiger partial charge is 0.491 e. The van der Waals surface area contributed by atoms with Gasteiger partial charge in [-0.25, -0.2) is 14.4 Å². The average Bonchev–Trinajstić information content (AvgIpc) is 3.37. The number of fused-ring (bicyclic) bond motifs is 2. The fourth-order valence-electron chi connectivity index (χ4n) is 4.75. The Kier molecular flexibility index (Phi) is 9.46. The monoisotopic (exact) mass is 590 g/mol. The van der Waals surface area contributed by atoms with Crippen molar-refractivity contribution < 1.29 is 28.1 Å². The summed E-state index contributed by atoms with van der Waals surface area (Å²) in [6.07, 6.45) is 5.06. The molecule has 1 aromatic heterocycles. The molecule has 0 spiro atoms. The zero-order valence-corrected chi connectivity index (χ0v) is 23.4. The van der Waals surface area contributed by atoms with Gasteiger partial charge in [-0.15, -0.1) is 0 Å². The number of nitrogens with one attached hydrogen (secondary N) is 1. The van der Waals surface area contributed by atoms with E-state index in [2.05, 4.69) is 20.2 Å². The predicted molar refractivity (Wildman–Crippen MR) is 150 cm³/mol. The molecular weight excluding hydrogens is 562 g/mol. The normalized spacial score (nSPS) is 19.3. The van der Waals surface area contributed by atoms with Crippen molar-refractivity contribution in [1.82, 2.24) is 14.9 Å². The van der Waals surface area contributed by atoms with Gasteiger partial charge in [0.2, 0.25) is 0 Å². The number of allylic oxidation sites excluding steroid dienone is 1. The number of anilines is 2. The summed E-state index contributed by atoms with van der Waals surface area (Å²) in [6, 6.07) is 6.48. The van der Waals surface area contributed by atoms with Crippen molar-refractivity contribution in [3.63, 3.8) is 0 Å². The van der Waals surface area contributed by atoms with Crippen molar-refractivity contribution in [2.75, 3.05) is 58.5 Å². The van der Waals surface area contributed by atoms with E-state index in [-0.39, 0.29) is 40.1 Å². The second-order valence-corrected chi connectivity index (χ2v) is 10.3. The molecule has 40 heavy (non-hydrogen) atoms. The van der Waals surface area contributed by atoms with Crippen LogP contribution in [0.2, 0.25) is 10.0 Å². The highest BCUT2D eigenvalue weighted by molar-refractivity contribution is 6.42. The van der Waals surface area contributed by atoms with Gasteiger partial charge in [0.15, 0.2) is 11.6 Å². The standard InChI is InChI=1S/C28H29Cl2FN4O5/c1-37-7-8-38-23-13-22-19(28(33-16-32-22)34-21-5-4-20(29)26(30)27(21)31)12-17(23)11-18(36)3-2-6-35-14-24-25(15-35)40-10-9-39-24/h2-5,12-13,16,24-25H,6-11,14-15H2,1H3,(H,32,33,34)/b3-2+/t24-,25+. The van der Waals surface area contributed by atoms with Crippen molar-refractivity contribution in [3.05, 3.63) is 64.2 Å². The zero-order valence-electron chi connectivity index (χ0n) is 21.9. The number of ether oxygens (including phenoxy) is 4. The molecule has 2 aliphatic heterocycles. The van der Waals surface area contributed by atoms with Gasteiger partial charge in [0.05, 0.1) is 53.3 Å². The molecule has 2 atom stereocenters. The molecule has 2 saturated heterocycles. The van der Waals surface area contributed by atoms with Gasteiger partial charge in [-0.2, -0.15) is 0 Å². The van der Waals surface area contributed by atoms with Crippen molar-refractivity contribution in [1.29, 1.82) is 0 Å². The van der Waals surface area contributed by atoms with E-state index in [0.29, 0.717) is 61.0 Å². The van der Waals surface area contributed by atoms with Crippen LogP contribution in [0.25, 0.3) is 10.9 Å². The molecule has 12 heteroatoms. The number of nitrogens with zero attached hydrogens (tertiary/aromatic N) is 3. The molecule has 2 fully saturated rings. The van der Waals surface area contributed by atoms with Crippen LogP contribution in [0.15, 0.2) is 42.7 Å². The van der Waals surface area contributed by atoms with Crippen LogP contribution in [0.3, 0.4) is 0 Å². The molecule has 0 radical (unpaired) electrons. The number of methoxy groups -OCH3 is 1. The fraction of sp³-hybridized carbons (Fsp3) is 0.393. The quantitative estimate of drug-likeness (QED) is 0.195. The van der Waals surface area contributed by atoms with E-state index < -0.39 is 5.82 Å². The van der Waals surface area contributed by atoms with Crippen LogP contribution in [0, 0.1) is 5.82 Å². The third-order valence-corrected chi connectivity index (χ3v) is 7.50. The molecule has 0 unspecified atom stereocenters. The summed E-state index contributed by atoms with van der Waals surface area (Å²) in [5.74, 6) is 0.0581. The molecule has 2 aliphatic rings. The molecule has 0 saturated carbocycles. The Bertz CT molecular complexity index is 1390. The smallest absolute Gasteiger partial charge is 0.166 e. The molecule has 212 valence electrons. The van der Waals surface area contributed by atoms with Gasteiger partial charge in [-0.3, -0.25) is 9.69 Å². The third-order valence-electron chi connectivity index (χ3n) is 6.72. The van der Waals surface area contributed by atoms with Crippen molar-refractivity contribution >= 4 is 51.4 Å². The number of carbonyl (C=O) groups excluding carboxylic acids is 1. The van der Waals surface area contributed by atoms with E-state index in [1.807, 2.05) is 6.08 Å². The van der Waals surface area contributed by atoms with Crippen LogP contribution in [0.5, 0.6) is 5.75 Å². The summed E-state index contributed by atoms with van der Waals surface area (Å²) in [5.41, 5.74) is 1.30. The first-order valence-electron chi connectivity index (χ1n) is 12.9. The van der Waals surface area contributed by atoms with Gasteiger partial charge in [0.1, 0.15) is 24.5 Å². The molecule has 5 rings (SSSR count). The van der Waals surface area contributed by atoms with Gasteiger partial charge in [0.25, 0.3) is 0 Å². The lowest BCUT2D eigenvalue weighted by Crippen LogP contribution is -2.36. The predicted octanol–water partition coefficient (Wildman–Crippen LogP) is 4.61. The summed E-state index contributed by atoms with van der Waals surface area (Å²) in [7, 11) is 1.58. The highest BCUT2D eigenvalue weighted by Gasteiger charge is 2.35. The van der Waals surface area contributed by atoms with Crippen LogP contribution >= 0.6 is 23.2 Å². The van der Waals surface area contributed by atoms with Crippen LogP contribution in [-0.4, -0.2) is 86.0 Å². The van der Waals surface area contributed by atoms with E-state index in [1.165, 1.54) is 18.5 Å². The van der Waals surface area contributed by atoms with Crippen LogP contribution in [-0.2, 0) is 25.4 Å². The summed E-state index contributed by atoms with van der Waals surface area (Å²) in [6.45, 7) is 4.09. The SMILES string of the molecule is COCCOc1cc2ncnc(Nc3ccc(Cl)c(Cl)c3F)c2cc1CC(=O)/C=C/CN1C[C@@H]2OCCO[C@@H]2C1. The fourth-order valence-corrected chi connectivity index (χ4v) is 5.06. The second kappa shape index (κ2) is 13.2. The van der Waals surface area contributed by atoms with E-state index in [1.54, 1.807) is 25.3 Å². The van der Waals surface area contributed by atoms with Gasteiger partial charge < -0.3 is 24.3 Å². The first-order valence-corrected chi connectivity index (χ1v) is 13.6.